The highest BCUT2D eigenvalue weighted by Gasteiger charge is 2.31. The van der Waals surface area contributed by atoms with Gasteiger partial charge in [-0.15, -0.1) is 0 Å². The molecule has 0 aliphatic heterocycles. The Bertz CT molecular complexity index is 417. The first-order chi connectivity index (χ1) is 8.92. The van der Waals surface area contributed by atoms with E-state index in [2.05, 4.69) is 48.3 Å². The third-order valence-electron chi connectivity index (χ3n) is 3.69. The van der Waals surface area contributed by atoms with Crippen LogP contribution in [-0.4, -0.2) is 36.8 Å². The maximum Gasteiger partial charge on any atom is 0.323 e. The van der Waals surface area contributed by atoms with Gasteiger partial charge in [-0.25, -0.2) is 0 Å². The molecule has 1 atom stereocenters. The molecule has 0 heterocycles. The number of carboxylic acid groups (broad SMARTS) is 1. The summed E-state index contributed by atoms with van der Waals surface area (Å²) in [5.41, 5.74) is 1.49. The van der Waals surface area contributed by atoms with Crippen molar-refractivity contribution in [2.45, 2.75) is 32.7 Å². The number of carboxylic acids is 1. The summed E-state index contributed by atoms with van der Waals surface area (Å²) in [4.78, 5) is 13.4. The summed E-state index contributed by atoms with van der Waals surface area (Å²) in [5.74, 6) is -0.810. The van der Waals surface area contributed by atoms with Crippen LogP contribution in [0.3, 0.4) is 0 Å². The van der Waals surface area contributed by atoms with Crippen molar-refractivity contribution < 1.29 is 9.90 Å². The minimum atomic E-state index is -0.877. The minimum Gasteiger partial charge on any atom is -0.480 e. The van der Waals surface area contributed by atoms with Gasteiger partial charge in [-0.1, -0.05) is 17.7 Å². The minimum absolute atomic E-state index is 0.556. The van der Waals surface area contributed by atoms with Gasteiger partial charge in [-0.05, 0) is 46.4 Å². The van der Waals surface area contributed by atoms with Crippen LogP contribution in [0.2, 0.25) is 0 Å². The molecule has 0 aliphatic rings. The van der Waals surface area contributed by atoms with E-state index in [0.717, 1.165) is 12.2 Å². The zero-order valence-electron chi connectivity index (χ0n) is 12.2. The van der Waals surface area contributed by atoms with Crippen LogP contribution < -0.4 is 10.2 Å². The van der Waals surface area contributed by atoms with Gasteiger partial charge in [-0.3, -0.25) is 4.79 Å². The predicted octanol–water partition coefficient (Wildman–Crippen LogP) is 2.27. The first-order valence-electron chi connectivity index (χ1n) is 6.67. The lowest BCUT2D eigenvalue weighted by molar-refractivity contribution is -0.144. The predicted molar refractivity (Wildman–Crippen MR) is 78.8 cm³/mol. The monoisotopic (exact) mass is 264 g/mol. The normalized spacial score (nSPS) is 13.9. The van der Waals surface area contributed by atoms with Gasteiger partial charge in [0.1, 0.15) is 5.54 Å². The molecule has 1 rings (SSSR count). The molecule has 0 amide bonds. The number of benzene rings is 1. The molecular weight excluding hydrogens is 240 g/mol. The molecule has 1 aromatic carbocycles. The average molecular weight is 264 g/mol. The lowest BCUT2D eigenvalue weighted by Gasteiger charge is -2.29. The quantitative estimate of drug-likeness (QED) is 0.793. The van der Waals surface area contributed by atoms with Crippen molar-refractivity contribution in [2.24, 2.45) is 0 Å². The van der Waals surface area contributed by atoms with E-state index >= 15 is 0 Å². The number of aliphatic carboxylic acids is 1. The summed E-state index contributed by atoms with van der Waals surface area (Å²) >= 11 is 0. The molecule has 1 aromatic rings. The van der Waals surface area contributed by atoms with E-state index in [4.69, 9.17) is 0 Å². The van der Waals surface area contributed by atoms with Crippen LogP contribution >= 0.6 is 0 Å². The molecule has 0 fully saturated rings. The van der Waals surface area contributed by atoms with E-state index in [1.165, 1.54) is 5.56 Å². The summed E-state index contributed by atoms with van der Waals surface area (Å²) in [5, 5.41) is 12.1. The van der Waals surface area contributed by atoms with Crippen LogP contribution in [-0.2, 0) is 4.79 Å². The SMILES string of the molecule is CCN(CCC(C)(NC)C(=O)O)c1ccc(C)cc1. The Balaban J connectivity index is 2.73. The summed E-state index contributed by atoms with van der Waals surface area (Å²) in [6.45, 7) is 7.43. The number of anilines is 1. The molecule has 0 saturated carbocycles. The third kappa shape index (κ3) is 3.96. The van der Waals surface area contributed by atoms with E-state index in [1.807, 2.05) is 0 Å². The summed E-state index contributed by atoms with van der Waals surface area (Å²) in [6.07, 6.45) is 0.556. The van der Waals surface area contributed by atoms with Gasteiger partial charge in [-0.2, -0.15) is 0 Å². The first-order valence-corrected chi connectivity index (χ1v) is 6.67. The van der Waals surface area contributed by atoms with E-state index in [-0.39, 0.29) is 0 Å². The van der Waals surface area contributed by atoms with E-state index in [1.54, 1.807) is 14.0 Å². The number of nitrogens with one attached hydrogen (secondary N) is 1. The zero-order chi connectivity index (χ0) is 14.5. The van der Waals surface area contributed by atoms with Crippen molar-refractivity contribution in [1.82, 2.24) is 5.32 Å². The van der Waals surface area contributed by atoms with Crippen LogP contribution in [0.25, 0.3) is 0 Å². The molecule has 1 unspecified atom stereocenters. The zero-order valence-corrected chi connectivity index (χ0v) is 12.2. The number of nitrogens with zero attached hydrogens (tertiary/aromatic N) is 1. The Morgan fingerprint density at radius 2 is 1.95 bits per heavy atom. The lowest BCUT2D eigenvalue weighted by atomic mass is 9.98. The fourth-order valence-corrected chi connectivity index (χ4v) is 1.92. The number of aryl methyl sites for hydroxylation is 1. The molecule has 0 aromatic heterocycles. The highest BCUT2D eigenvalue weighted by Crippen LogP contribution is 2.18. The molecule has 106 valence electrons. The Labute approximate surface area is 115 Å². The Morgan fingerprint density at radius 3 is 2.37 bits per heavy atom. The molecule has 0 aliphatic carbocycles. The second kappa shape index (κ2) is 6.57. The molecule has 4 heteroatoms. The molecule has 0 saturated heterocycles. The number of carbonyl (C=O) groups is 1. The van der Waals surface area contributed by atoms with Gasteiger partial charge in [0.15, 0.2) is 0 Å². The molecule has 4 nitrogen and oxygen atoms in total. The third-order valence-corrected chi connectivity index (χ3v) is 3.69. The van der Waals surface area contributed by atoms with Crippen molar-refractivity contribution >= 4 is 11.7 Å². The van der Waals surface area contributed by atoms with Crippen molar-refractivity contribution in [3.8, 4) is 0 Å². The highest BCUT2D eigenvalue weighted by molar-refractivity contribution is 5.78. The van der Waals surface area contributed by atoms with E-state index in [0.29, 0.717) is 13.0 Å². The Hall–Kier alpha value is -1.55. The number of likely N-dealkylation sites (N-methyl/N-ethyl adjacent to an activating group) is 1. The summed E-state index contributed by atoms with van der Waals surface area (Å²) < 4.78 is 0. The summed E-state index contributed by atoms with van der Waals surface area (Å²) in [7, 11) is 1.69. The van der Waals surface area contributed by atoms with Crippen molar-refractivity contribution in [1.29, 1.82) is 0 Å². The molecule has 0 radical (unpaired) electrons. The Morgan fingerprint density at radius 1 is 1.37 bits per heavy atom. The topological polar surface area (TPSA) is 52.6 Å². The average Bonchev–Trinajstić information content (AvgIpc) is 2.40. The van der Waals surface area contributed by atoms with E-state index < -0.39 is 11.5 Å². The maximum atomic E-state index is 11.3. The standard InChI is InChI=1S/C15H24N2O2/c1-5-17(13-8-6-12(2)7-9-13)11-10-15(3,16-4)14(18)19/h6-9,16H,5,10-11H2,1-4H3,(H,18,19). The van der Waals surface area contributed by atoms with Crippen LogP contribution in [0.4, 0.5) is 5.69 Å². The van der Waals surface area contributed by atoms with Gasteiger partial charge in [0.2, 0.25) is 0 Å². The first kappa shape index (κ1) is 15.5. The molecule has 0 bridgehead atoms. The highest BCUT2D eigenvalue weighted by atomic mass is 16.4. The maximum absolute atomic E-state index is 11.3. The van der Waals surface area contributed by atoms with E-state index in [9.17, 15) is 9.90 Å². The van der Waals surface area contributed by atoms with Crippen molar-refractivity contribution in [3.63, 3.8) is 0 Å². The van der Waals surface area contributed by atoms with Crippen molar-refractivity contribution in [2.75, 3.05) is 25.0 Å². The number of rotatable bonds is 7. The number of hydrogen-bond acceptors (Lipinski definition) is 3. The van der Waals surface area contributed by atoms with Gasteiger partial charge < -0.3 is 15.3 Å². The fourth-order valence-electron chi connectivity index (χ4n) is 1.92. The lowest BCUT2D eigenvalue weighted by Crippen LogP contribution is -2.49. The van der Waals surface area contributed by atoms with Crippen LogP contribution in [0.5, 0.6) is 0 Å². The second-order valence-corrected chi connectivity index (χ2v) is 5.05. The second-order valence-electron chi connectivity index (χ2n) is 5.05. The van der Waals surface area contributed by atoms with Gasteiger partial charge in [0.25, 0.3) is 0 Å². The van der Waals surface area contributed by atoms with Crippen LogP contribution in [0.1, 0.15) is 25.8 Å². The van der Waals surface area contributed by atoms with Gasteiger partial charge in [0.05, 0.1) is 0 Å². The van der Waals surface area contributed by atoms with Crippen LogP contribution in [0.15, 0.2) is 24.3 Å². The summed E-state index contributed by atoms with van der Waals surface area (Å²) in [6, 6.07) is 8.31. The van der Waals surface area contributed by atoms with Crippen molar-refractivity contribution in [3.05, 3.63) is 29.8 Å². The molecule has 2 N–H and O–H groups in total. The fraction of sp³-hybridized carbons (Fsp3) is 0.533. The Kier molecular flexibility index (Phi) is 5.36. The largest absolute Gasteiger partial charge is 0.480 e. The number of hydrogen-bond donors (Lipinski definition) is 2. The van der Waals surface area contributed by atoms with Gasteiger partial charge in [0, 0.05) is 18.8 Å². The van der Waals surface area contributed by atoms with Gasteiger partial charge >= 0.3 is 5.97 Å². The smallest absolute Gasteiger partial charge is 0.323 e. The molecule has 19 heavy (non-hydrogen) atoms. The molecular formula is C15H24N2O2. The molecule has 0 spiro atoms. The van der Waals surface area contributed by atoms with Crippen LogP contribution in [0, 0.1) is 6.92 Å².